The van der Waals surface area contributed by atoms with Gasteiger partial charge in [0.1, 0.15) is 0 Å². The molecule has 0 spiro atoms. The molecular formula is C30H27N5O3S. The second-order valence-electron chi connectivity index (χ2n) is 8.67. The smallest absolute Gasteiger partial charge is 0.255 e. The Labute approximate surface area is 231 Å². The quantitative estimate of drug-likeness (QED) is 0.224. The van der Waals surface area contributed by atoms with Crippen LogP contribution in [0.15, 0.2) is 96.4 Å². The van der Waals surface area contributed by atoms with Crippen molar-refractivity contribution < 1.29 is 14.3 Å². The maximum atomic E-state index is 12.8. The number of ether oxygens (including phenoxy) is 2. The Kier molecular flexibility index (Phi) is 7.88. The number of nitrogens with zero attached hydrogens (tertiary/aromatic N) is 4. The van der Waals surface area contributed by atoms with E-state index < -0.39 is 0 Å². The number of anilines is 1. The second kappa shape index (κ2) is 11.8. The third kappa shape index (κ3) is 5.78. The summed E-state index contributed by atoms with van der Waals surface area (Å²) >= 11 is 1.59. The van der Waals surface area contributed by atoms with Crippen LogP contribution in [0, 0.1) is 6.92 Å². The van der Waals surface area contributed by atoms with Crippen molar-refractivity contribution in [3.05, 3.63) is 108 Å². The number of aromatic nitrogens is 4. The fourth-order valence-electron chi connectivity index (χ4n) is 4.10. The molecule has 0 radical (unpaired) electrons. The zero-order valence-electron chi connectivity index (χ0n) is 21.8. The maximum absolute atomic E-state index is 12.8. The lowest BCUT2D eigenvalue weighted by atomic mass is 10.1. The first-order valence-electron chi connectivity index (χ1n) is 12.2. The molecule has 1 amide bonds. The summed E-state index contributed by atoms with van der Waals surface area (Å²) in [4.78, 5) is 16.9. The fourth-order valence-corrected chi connectivity index (χ4v) is 5.00. The average molecular weight is 538 g/mol. The van der Waals surface area contributed by atoms with Gasteiger partial charge in [-0.3, -0.25) is 14.3 Å². The first-order chi connectivity index (χ1) is 19.1. The van der Waals surface area contributed by atoms with Crippen molar-refractivity contribution in [2.24, 2.45) is 0 Å². The Bertz CT molecular complexity index is 1590. The van der Waals surface area contributed by atoms with Gasteiger partial charge in [0, 0.05) is 41.0 Å². The Morgan fingerprint density at radius 2 is 1.64 bits per heavy atom. The summed E-state index contributed by atoms with van der Waals surface area (Å²) in [6.07, 6.45) is 3.50. The van der Waals surface area contributed by atoms with E-state index in [1.54, 1.807) is 56.6 Å². The van der Waals surface area contributed by atoms with Gasteiger partial charge in [0.25, 0.3) is 5.91 Å². The molecule has 196 valence electrons. The van der Waals surface area contributed by atoms with E-state index in [-0.39, 0.29) is 5.91 Å². The Morgan fingerprint density at radius 1 is 0.897 bits per heavy atom. The van der Waals surface area contributed by atoms with Gasteiger partial charge in [-0.2, -0.15) is 0 Å². The number of benzene rings is 3. The second-order valence-corrected chi connectivity index (χ2v) is 9.62. The van der Waals surface area contributed by atoms with Crippen molar-refractivity contribution in [1.29, 1.82) is 0 Å². The molecule has 5 aromatic rings. The molecule has 0 saturated heterocycles. The summed E-state index contributed by atoms with van der Waals surface area (Å²) < 4.78 is 12.7. The van der Waals surface area contributed by atoms with E-state index in [0.717, 1.165) is 33.4 Å². The highest BCUT2D eigenvalue weighted by Gasteiger charge is 2.18. The largest absolute Gasteiger partial charge is 0.493 e. The molecule has 0 atom stereocenters. The van der Waals surface area contributed by atoms with E-state index in [1.807, 2.05) is 48.5 Å². The molecule has 0 aliphatic heterocycles. The third-order valence-electron chi connectivity index (χ3n) is 6.15. The van der Waals surface area contributed by atoms with Crippen LogP contribution in [-0.2, 0) is 5.75 Å². The molecular weight excluding hydrogens is 510 g/mol. The lowest BCUT2D eigenvalue weighted by molar-refractivity contribution is 0.102. The molecule has 5 rings (SSSR count). The van der Waals surface area contributed by atoms with Crippen molar-refractivity contribution in [2.45, 2.75) is 17.8 Å². The predicted octanol–water partition coefficient (Wildman–Crippen LogP) is 6.20. The highest BCUT2D eigenvalue weighted by Crippen LogP contribution is 2.32. The van der Waals surface area contributed by atoms with Crippen LogP contribution < -0.4 is 14.8 Å². The van der Waals surface area contributed by atoms with Crippen LogP contribution in [0.1, 0.15) is 21.5 Å². The number of methoxy groups -OCH3 is 2. The average Bonchev–Trinajstić information content (AvgIpc) is 3.40. The fraction of sp³-hybridized carbons (Fsp3) is 0.133. The van der Waals surface area contributed by atoms with Crippen molar-refractivity contribution in [1.82, 2.24) is 19.7 Å². The van der Waals surface area contributed by atoms with Crippen molar-refractivity contribution in [3.8, 4) is 28.6 Å². The minimum absolute atomic E-state index is 0.206. The lowest BCUT2D eigenvalue weighted by Gasteiger charge is -2.13. The van der Waals surface area contributed by atoms with Crippen molar-refractivity contribution >= 4 is 23.4 Å². The number of thioether (sulfide) groups is 1. The first kappa shape index (κ1) is 26.0. The number of carbonyl (C=O) groups excluding carboxylic acids is 1. The van der Waals surface area contributed by atoms with Gasteiger partial charge in [0.05, 0.1) is 19.9 Å². The van der Waals surface area contributed by atoms with Gasteiger partial charge in [-0.05, 0) is 60.5 Å². The molecule has 0 bridgehead atoms. The molecule has 1 N–H and O–H groups in total. The predicted molar refractivity (Wildman–Crippen MR) is 153 cm³/mol. The van der Waals surface area contributed by atoms with Gasteiger partial charge in [0.15, 0.2) is 22.5 Å². The number of aryl methyl sites for hydroxylation is 1. The number of nitrogens with one attached hydrogen (secondary N) is 1. The minimum atomic E-state index is -0.206. The Morgan fingerprint density at radius 3 is 2.36 bits per heavy atom. The number of amides is 1. The summed E-state index contributed by atoms with van der Waals surface area (Å²) in [6, 6.07) is 24.8. The van der Waals surface area contributed by atoms with Crippen molar-refractivity contribution in [3.63, 3.8) is 0 Å². The lowest BCUT2D eigenvalue weighted by Crippen LogP contribution is -2.12. The van der Waals surface area contributed by atoms with Gasteiger partial charge < -0.3 is 14.8 Å². The topological polar surface area (TPSA) is 91.2 Å². The van der Waals surface area contributed by atoms with Crippen LogP contribution in [0.3, 0.4) is 0 Å². The summed E-state index contributed by atoms with van der Waals surface area (Å²) in [5.41, 5.74) is 5.34. The molecule has 3 aromatic carbocycles. The number of pyridine rings is 1. The van der Waals surface area contributed by atoms with Gasteiger partial charge in [0.2, 0.25) is 0 Å². The monoisotopic (exact) mass is 537 g/mol. The SMILES string of the molecule is COc1ccc(NC(=O)c2ccc(CSc3nnc(-c4ccncc4)n3-c3ccccc3C)cc2)cc1OC. The highest BCUT2D eigenvalue weighted by atomic mass is 32.2. The van der Waals surface area contributed by atoms with E-state index in [0.29, 0.717) is 28.5 Å². The van der Waals surface area contributed by atoms with Crippen LogP contribution in [-0.4, -0.2) is 39.9 Å². The first-order valence-corrected chi connectivity index (χ1v) is 13.2. The molecule has 39 heavy (non-hydrogen) atoms. The number of hydrogen-bond acceptors (Lipinski definition) is 7. The molecule has 2 heterocycles. The Balaban J connectivity index is 1.32. The molecule has 0 aliphatic rings. The number of hydrogen-bond donors (Lipinski definition) is 1. The summed E-state index contributed by atoms with van der Waals surface area (Å²) in [6.45, 7) is 2.08. The van der Waals surface area contributed by atoms with E-state index in [2.05, 4.69) is 44.1 Å². The van der Waals surface area contributed by atoms with E-state index in [4.69, 9.17) is 9.47 Å². The highest BCUT2D eigenvalue weighted by molar-refractivity contribution is 7.98. The van der Waals surface area contributed by atoms with Crippen LogP contribution in [0.4, 0.5) is 5.69 Å². The van der Waals surface area contributed by atoms with Crippen LogP contribution in [0.2, 0.25) is 0 Å². The summed E-state index contributed by atoms with van der Waals surface area (Å²) in [7, 11) is 3.13. The summed E-state index contributed by atoms with van der Waals surface area (Å²) in [5, 5.41) is 12.7. The number of para-hydroxylation sites is 1. The molecule has 0 fully saturated rings. The summed E-state index contributed by atoms with van der Waals surface area (Å²) in [5.74, 6) is 2.37. The molecule has 0 unspecified atom stereocenters. The van der Waals surface area contributed by atoms with E-state index in [9.17, 15) is 4.79 Å². The molecule has 8 nitrogen and oxygen atoms in total. The number of rotatable bonds is 9. The van der Waals surface area contributed by atoms with Crippen LogP contribution in [0.5, 0.6) is 11.5 Å². The molecule has 9 heteroatoms. The minimum Gasteiger partial charge on any atom is -0.493 e. The third-order valence-corrected chi connectivity index (χ3v) is 7.15. The zero-order valence-corrected chi connectivity index (χ0v) is 22.6. The van der Waals surface area contributed by atoms with Crippen LogP contribution in [0.25, 0.3) is 17.1 Å². The van der Waals surface area contributed by atoms with Gasteiger partial charge >= 0.3 is 0 Å². The van der Waals surface area contributed by atoms with Gasteiger partial charge in [-0.15, -0.1) is 10.2 Å². The van der Waals surface area contributed by atoms with Crippen molar-refractivity contribution in [2.75, 3.05) is 19.5 Å². The standard InChI is InChI=1S/C30H27N5O3S/c1-20-6-4-5-7-25(20)35-28(22-14-16-31-17-15-22)33-34-30(35)39-19-21-8-10-23(11-9-21)29(36)32-24-12-13-26(37-2)27(18-24)38-3/h4-18H,19H2,1-3H3,(H,32,36). The molecule has 0 saturated carbocycles. The van der Waals surface area contributed by atoms with E-state index in [1.165, 1.54) is 0 Å². The number of carbonyl (C=O) groups is 1. The Hall–Kier alpha value is -4.63. The molecule has 0 aliphatic carbocycles. The zero-order chi connectivity index (χ0) is 27.2. The van der Waals surface area contributed by atoms with E-state index >= 15 is 0 Å². The van der Waals surface area contributed by atoms with Gasteiger partial charge in [-0.25, -0.2) is 0 Å². The normalized spacial score (nSPS) is 10.7. The maximum Gasteiger partial charge on any atom is 0.255 e. The molecule has 2 aromatic heterocycles. The van der Waals surface area contributed by atoms with Crippen LogP contribution >= 0.6 is 11.8 Å². The van der Waals surface area contributed by atoms with Gasteiger partial charge in [-0.1, -0.05) is 42.1 Å².